The third kappa shape index (κ3) is 2.72. The minimum Gasteiger partial charge on any atom is -0.316 e. The topological polar surface area (TPSA) is 42.7 Å². The van der Waals surface area contributed by atoms with Gasteiger partial charge in [0.25, 0.3) is 0 Å². The molecule has 2 heterocycles. The van der Waals surface area contributed by atoms with E-state index in [1.807, 2.05) is 25.7 Å². The number of rotatable bonds is 2. The van der Waals surface area contributed by atoms with Crippen LogP contribution in [0.3, 0.4) is 0 Å². The summed E-state index contributed by atoms with van der Waals surface area (Å²) in [5.74, 6) is 0.985. The zero-order valence-electron chi connectivity index (χ0n) is 9.36. The summed E-state index contributed by atoms with van der Waals surface area (Å²) >= 11 is 1.85. The molecule has 0 aliphatic carbocycles. The molecule has 0 radical (unpaired) electrons. The zero-order valence-corrected chi connectivity index (χ0v) is 10.2. The molecule has 15 heavy (non-hydrogen) atoms. The Bertz CT molecular complexity index is 315. The van der Waals surface area contributed by atoms with E-state index in [2.05, 4.69) is 20.1 Å². The summed E-state index contributed by atoms with van der Waals surface area (Å²) in [6.07, 6.45) is 3.90. The first-order valence-electron chi connectivity index (χ1n) is 5.51. The van der Waals surface area contributed by atoms with Crippen LogP contribution in [0.25, 0.3) is 0 Å². The van der Waals surface area contributed by atoms with E-state index in [1.165, 1.54) is 19.3 Å². The van der Waals surface area contributed by atoms with Crippen LogP contribution >= 0.6 is 11.8 Å². The Morgan fingerprint density at radius 2 is 2.27 bits per heavy atom. The second kappa shape index (κ2) is 4.99. The van der Waals surface area contributed by atoms with Crippen molar-refractivity contribution in [2.24, 2.45) is 7.05 Å². The summed E-state index contributed by atoms with van der Waals surface area (Å²) < 4.78 is 2.07. The van der Waals surface area contributed by atoms with Crippen molar-refractivity contribution >= 4 is 11.8 Å². The predicted molar refractivity (Wildman–Crippen MR) is 62.1 cm³/mol. The van der Waals surface area contributed by atoms with E-state index in [9.17, 15) is 0 Å². The second-order valence-electron chi connectivity index (χ2n) is 4.03. The molecule has 2 rings (SSSR count). The van der Waals surface area contributed by atoms with Crippen LogP contribution in [-0.2, 0) is 7.05 Å². The van der Waals surface area contributed by atoms with Gasteiger partial charge in [0.05, 0.1) is 0 Å². The average molecular weight is 226 g/mol. The standard InChI is InChI=1S/C10H18N4S/c1-8-12-13-10(14(8)2)15-9-5-3-4-6-11-7-9/h9,11H,3-7H2,1-2H3. The fourth-order valence-corrected chi connectivity index (χ4v) is 2.89. The summed E-state index contributed by atoms with van der Waals surface area (Å²) in [4.78, 5) is 0. The van der Waals surface area contributed by atoms with Crippen LogP contribution in [-0.4, -0.2) is 33.1 Å². The highest BCUT2D eigenvalue weighted by Gasteiger charge is 2.16. The fourth-order valence-electron chi connectivity index (χ4n) is 1.73. The molecule has 1 fully saturated rings. The molecule has 0 amide bonds. The first-order valence-corrected chi connectivity index (χ1v) is 6.38. The van der Waals surface area contributed by atoms with Gasteiger partial charge in [-0.25, -0.2) is 0 Å². The number of hydrogen-bond donors (Lipinski definition) is 1. The molecule has 1 aliphatic heterocycles. The van der Waals surface area contributed by atoms with Crippen LogP contribution in [0.1, 0.15) is 25.1 Å². The minimum absolute atomic E-state index is 0.648. The van der Waals surface area contributed by atoms with E-state index in [0.29, 0.717) is 5.25 Å². The molecule has 1 aliphatic rings. The molecule has 0 spiro atoms. The lowest BCUT2D eigenvalue weighted by Crippen LogP contribution is -2.22. The van der Waals surface area contributed by atoms with Gasteiger partial charge in [0.1, 0.15) is 5.82 Å². The maximum absolute atomic E-state index is 4.19. The van der Waals surface area contributed by atoms with E-state index in [0.717, 1.165) is 24.1 Å². The van der Waals surface area contributed by atoms with Crippen LogP contribution in [0.4, 0.5) is 0 Å². The van der Waals surface area contributed by atoms with Gasteiger partial charge in [-0.1, -0.05) is 18.2 Å². The average Bonchev–Trinajstić information content (AvgIpc) is 2.50. The highest BCUT2D eigenvalue weighted by molar-refractivity contribution is 7.99. The zero-order chi connectivity index (χ0) is 10.7. The number of aryl methyl sites for hydroxylation is 1. The van der Waals surface area contributed by atoms with Gasteiger partial charge in [0.2, 0.25) is 0 Å². The van der Waals surface area contributed by atoms with Crippen molar-refractivity contribution < 1.29 is 0 Å². The van der Waals surface area contributed by atoms with Crippen molar-refractivity contribution in [1.82, 2.24) is 20.1 Å². The van der Waals surface area contributed by atoms with Crippen LogP contribution in [0.5, 0.6) is 0 Å². The minimum atomic E-state index is 0.648. The predicted octanol–water partition coefficient (Wildman–Crippen LogP) is 1.36. The van der Waals surface area contributed by atoms with Gasteiger partial charge >= 0.3 is 0 Å². The Kier molecular flexibility index (Phi) is 3.64. The molecule has 84 valence electrons. The second-order valence-corrected chi connectivity index (χ2v) is 5.30. The van der Waals surface area contributed by atoms with Crippen LogP contribution in [0.2, 0.25) is 0 Å². The largest absolute Gasteiger partial charge is 0.316 e. The number of nitrogens with one attached hydrogen (secondary N) is 1. The molecular formula is C10H18N4S. The highest BCUT2D eigenvalue weighted by atomic mass is 32.2. The molecule has 5 heteroatoms. The Balaban J connectivity index is 1.98. The third-order valence-electron chi connectivity index (χ3n) is 2.83. The van der Waals surface area contributed by atoms with E-state index < -0.39 is 0 Å². The fraction of sp³-hybridized carbons (Fsp3) is 0.800. The molecule has 1 saturated heterocycles. The number of thioether (sulfide) groups is 1. The van der Waals surface area contributed by atoms with Gasteiger partial charge in [-0.05, 0) is 26.3 Å². The van der Waals surface area contributed by atoms with Crippen molar-refractivity contribution in [3.05, 3.63) is 5.82 Å². The van der Waals surface area contributed by atoms with Crippen molar-refractivity contribution in [2.75, 3.05) is 13.1 Å². The van der Waals surface area contributed by atoms with Crippen LogP contribution in [0, 0.1) is 6.92 Å². The van der Waals surface area contributed by atoms with E-state index in [1.54, 1.807) is 0 Å². The van der Waals surface area contributed by atoms with Gasteiger partial charge in [-0.3, -0.25) is 0 Å². The van der Waals surface area contributed by atoms with Gasteiger partial charge in [0.15, 0.2) is 5.16 Å². The number of hydrogen-bond acceptors (Lipinski definition) is 4. The Labute approximate surface area is 94.8 Å². The molecule has 1 unspecified atom stereocenters. The van der Waals surface area contributed by atoms with Crippen molar-refractivity contribution in [1.29, 1.82) is 0 Å². The number of aromatic nitrogens is 3. The molecule has 0 saturated carbocycles. The molecule has 0 bridgehead atoms. The van der Waals surface area contributed by atoms with Crippen LogP contribution < -0.4 is 5.32 Å². The molecule has 1 N–H and O–H groups in total. The summed E-state index contributed by atoms with van der Waals surface area (Å²) in [6.45, 7) is 4.24. The maximum Gasteiger partial charge on any atom is 0.191 e. The van der Waals surface area contributed by atoms with Gasteiger partial charge < -0.3 is 9.88 Å². The third-order valence-corrected chi connectivity index (χ3v) is 4.13. The first-order chi connectivity index (χ1) is 7.27. The molecule has 1 aromatic rings. The summed E-state index contributed by atoms with van der Waals surface area (Å²) in [5, 5.41) is 13.4. The molecule has 1 aromatic heterocycles. The van der Waals surface area contributed by atoms with Gasteiger partial charge in [-0.15, -0.1) is 10.2 Å². The van der Waals surface area contributed by atoms with Crippen molar-refractivity contribution in [3.63, 3.8) is 0 Å². The lowest BCUT2D eigenvalue weighted by molar-refractivity contribution is 0.703. The highest BCUT2D eigenvalue weighted by Crippen LogP contribution is 2.25. The smallest absolute Gasteiger partial charge is 0.191 e. The summed E-state index contributed by atoms with van der Waals surface area (Å²) in [6, 6.07) is 0. The monoisotopic (exact) mass is 226 g/mol. The number of nitrogens with zero attached hydrogens (tertiary/aromatic N) is 3. The summed E-state index contributed by atoms with van der Waals surface area (Å²) in [7, 11) is 2.03. The lowest BCUT2D eigenvalue weighted by atomic mass is 10.2. The normalized spacial score (nSPS) is 22.7. The summed E-state index contributed by atoms with van der Waals surface area (Å²) in [5.41, 5.74) is 0. The Hall–Kier alpha value is -0.550. The van der Waals surface area contributed by atoms with Crippen molar-refractivity contribution in [3.8, 4) is 0 Å². The first kappa shape index (κ1) is 11.0. The van der Waals surface area contributed by atoms with Gasteiger partial charge in [0, 0.05) is 18.8 Å². The molecule has 4 nitrogen and oxygen atoms in total. The van der Waals surface area contributed by atoms with E-state index in [-0.39, 0.29) is 0 Å². The SMILES string of the molecule is Cc1nnc(SC2CCCCNC2)n1C. The quantitative estimate of drug-likeness (QED) is 0.827. The lowest BCUT2D eigenvalue weighted by Gasteiger charge is -2.12. The van der Waals surface area contributed by atoms with Crippen molar-refractivity contribution in [2.45, 2.75) is 36.6 Å². The molecular weight excluding hydrogens is 208 g/mol. The van der Waals surface area contributed by atoms with E-state index >= 15 is 0 Å². The van der Waals surface area contributed by atoms with E-state index in [4.69, 9.17) is 0 Å². The van der Waals surface area contributed by atoms with Crippen LogP contribution in [0.15, 0.2) is 5.16 Å². The van der Waals surface area contributed by atoms with Gasteiger partial charge in [-0.2, -0.15) is 0 Å². The Morgan fingerprint density at radius 3 is 3.00 bits per heavy atom. The maximum atomic E-state index is 4.19. The Morgan fingerprint density at radius 1 is 1.40 bits per heavy atom. The molecule has 0 aromatic carbocycles. The molecule has 1 atom stereocenters.